The van der Waals surface area contributed by atoms with Crippen molar-refractivity contribution in [3.63, 3.8) is 0 Å². The number of nitrogens with one attached hydrogen (secondary N) is 1. The minimum atomic E-state index is -1.09. The molecule has 0 heterocycles. The normalized spacial score (nSPS) is 10.3. The lowest BCUT2D eigenvalue weighted by molar-refractivity contribution is 0.0698. The maximum absolute atomic E-state index is 13.0. The summed E-state index contributed by atoms with van der Waals surface area (Å²) in [6.45, 7) is 1.73. The molecule has 2 aromatic carbocycles. The Morgan fingerprint density at radius 1 is 1.35 bits per heavy atom. The van der Waals surface area contributed by atoms with Gasteiger partial charge < -0.3 is 16.2 Å². The molecule has 104 valence electrons. The van der Waals surface area contributed by atoms with E-state index >= 15 is 0 Å². The summed E-state index contributed by atoms with van der Waals surface area (Å²) < 4.78 is 13.6. The fourth-order valence-corrected chi connectivity index (χ4v) is 2.24. The number of hydrogen-bond donors (Lipinski definition) is 3. The van der Waals surface area contributed by atoms with Gasteiger partial charge in [-0.25, -0.2) is 9.18 Å². The fraction of sp³-hybridized carbons (Fsp3) is 0.0714. The second-order valence-corrected chi connectivity index (χ2v) is 5.16. The van der Waals surface area contributed by atoms with Crippen LogP contribution in [0.2, 0.25) is 0 Å². The van der Waals surface area contributed by atoms with E-state index in [9.17, 15) is 9.18 Å². The molecule has 0 bridgehead atoms. The highest BCUT2D eigenvalue weighted by Crippen LogP contribution is 2.29. The SMILES string of the molecule is Cc1cc(Nc2ccc(F)cc2Br)cc(C(=O)O)c1N. The van der Waals surface area contributed by atoms with E-state index in [0.29, 0.717) is 21.4 Å². The Hall–Kier alpha value is -2.08. The van der Waals surface area contributed by atoms with Crippen LogP contribution in [0.25, 0.3) is 0 Å². The number of benzene rings is 2. The van der Waals surface area contributed by atoms with E-state index < -0.39 is 5.97 Å². The smallest absolute Gasteiger partial charge is 0.337 e. The number of aromatic carboxylic acids is 1. The second-order valence-electron chi connectivity index (χ2n) is 4.31. The van der Waals surface area contributed by atoms with Crippen LogP contribution in [0, 0.1) is 12.7 Å². The van der Waals surface area contributed by atoms with E-state index in [4.69, 9.17) is 10.8 Å². The van der Waals surface area contributed by atoms with Gasteiger partial charge in [-0.3, -0.25) is 0 Å². The average Bonchev–Trinajstić information content (AvgIpc) is 2.36. The molecule has 0 fully saturated rings. The van der Waals surface area contributed by atoms with Gasteiger partial charge in [0.1, 0.15) is 5.82 Å². The molecule has 0 amide bonds. The van der Waals surface area contributed by atoms with Gasteiger partial charge in [0.05, 0.1) is 11.3 Å². The van der Waals surface area contributed by atoms with Gasteiger partial charge in [-0.05, 0) is 58.7 Å². The summed E-state index contributed by atoms with van der Waals surface area (Å²) >= 11 is 3.24. The van der Waals surface area contributed by atoms with Crippen LogP contribution in [0.3, 0.4) is 0 Å². The quantitative estimate of drug-likeness (QED) is 0.741. The molecule has 0 atom stereocenters. The Morgan fingerprint density at radius 3 is 2.65 bits per heavy atom. The first-order valence-corrected chi connectivity index (χ1v) is 6.53. The van der Waals surface area contributed by atoms with E-state index in [1.165, 1.54) is 18.2 Å². The lowest BCUT2D eigenvalue weighted by atomic mass is 10.1. The van der Waals surface area contributed by atoms with E-state index in [1.54, 1.807) is 19.1 Å². The van der Waals surface area contributed by atoms with E-state index in [-0.39, 0.29) is 17.1 Å². The Morgan fingerprint density at radius 2 is 2.05 bits per heavy atom. The second kappa shape index (κ2) is 5.50. The number of carboxylic acid groups (broad SMARTS) is 1. The molecule has 4 nitrogen and oxygen atoms in total. The van der Waals surface area contributed by atoms with Gasteiger partial charge in [0.15, 0.2) is 0 Å². The zero-order chi connectivity index (χ0) is 14.9. The van der Waals surface area contributed by atoms with Crippen LogP contribution >= 0.6 is 15.9 Å². The van der Waals surface area contributed by atoms with Crippen LogP contribution in [0.15, 0.2) is 34.8 Å². The first-order chi connectivity index (χ1) is 9.38. The van der Waals surface area contributed by atoms with Crippen molar-refractivity contribution in [1.29, 1.82) is 0 Å². The van der Waals surface area contributed by atoms with E-state index in [0.717, 1.165) is 0 Å². The number of carboxylic acids is 1. The Labute approximate surface area is 123 Å². The van der Waals surface area contributed by atoms with Gasteiger partial charge in [0.2, 0.25) is 0 Å². The largest absolute Gasteiger partial charge is 0.478 e. The minimum Gasteiger partial charge on any atom is -0.478 e. The summed E-state index contributed by atoms with van der Waals surface area (Å²) in [7, 11) is 0. The number of carbonyl (C=O) groups is 1. The highest BCUT2D eigenvalue weighted by Gasteiger charge is 2.12. The Balaban J connectivity index is 2.41. The van der Waals surface area contributed by atoms with Crippen molar-refractivity contribution >= 4 is 39.0 Å². The number of anilines is 3. The van der Waals surface area contributed by atoms with Crippen LogP contribution in [0.5, 0.6) is 0 Å². The zero-order valence-corrected chi connectivity index (χ0v) is 12.2. The monoisotopic (exact) mass is 338 g/mol. The van der Waals surface area contributed by atoms with Crippen molar-refractivity contribution in [2.24, 2.45) is 0 Å². The van der Waals surface area contributed by atoms with E-state index in [1.807, 2.05) is 0 Å². The van der Waals surface area contributed by atoms with Crippen LogP contribution < -0.4 is 11.1 Å². The predicted octanol–water partition coefficient (Wildman–Crippen LogP) is 3.92. The first kappa shape index (κ1) is 14.3. The third-order valence-electron chi connectivity index (χ3n) is 2.83. The summed E-state index contributed by atoms with van der Waals surface area (Å²) in [5.74, 6) is -1.45. The Bertz CT molecular complexity index is 689. The molecule has 20 heavy (non-hydrogen) atoms. The molecule has 0 aliphatic heterocycles. The first-order valence-electron chi connectivity index (χ1n) is 5.74. The van der Waals surface area contributed by atoms with Gasteiger partial charge >= 0.3 is 5.97 Å². The third kappa shape index (κ3) is 2.91. The number of aryl methyl sites for hydroxylation is 1. The molecular formula is C14H12BrFN2O2. The maximum Gasteiger partial charge on any atom is 0.337 e. The van der Waals surface area contributed by atoms with Gasteiger partial charge in [0.25, 0.3) is 0 Å². The molecule has 0 saturated heterocycles. The molecule has 0 radical (unpaired) electrons. The molecule has 0 spiro atoms. The summed E-state index contributed by atoms with van der Waals surface area (Å²) in [6, 6.07) is 7.38. The van der Waals surface area contributed by atoms with E-state index in [2.05, 4.69) is 21.2 Å². The van der Waals surface area contributed by atoms with Gasteiger partial charge in [-0.2, -0.15) is 0 Å². The van der Waals surface area contributed by atoms with Crippen molar-refractivity contribution in [2.45, 2.75) is 6.92 Å². The number of rotatable bonds is 3. The molecule has 0 aliphatic rings. The standard InChI is InChI=1S/C14H12BrFN2O2/c1-7-4-9(6-10(13(7)17)14(19)20)18-12-3-2-8(16)5-11(12)15/h2-6,18H,17H2,1H3,(H,19,20). The summed E-state index contributed by atoms with van der Waals surface area (Å²) in [6.07, 6.45) is 0. The zero-order valence-electron chi connectivity index (χ0n) is 10.6. The van der Waals surface area contributed by atoms with Crippen molar-refractivity contribution < 1.29 is 14.3 Å². The molecular weight excluding hydrogens is 327 g/mol. The van der Waals surface area contributed by atoms with Crippen LogP contribution in [-0.2, 0) is 0 Å². The van der Waals surface area contributed by atoms with Crippen molar-refractivity contribution in [1.82, 2.24) is 0 Å². The molecule has 6 heteroatoms. The topological polar surface area (TPSA) is 75.3 Å². The Kier molecular flexibility index (Phi) is 3.94. The number of nitrogen functional groups attached to an aromatic ring is 1. The lowest BCUT2D eigenvalue weighted by Crippen LogP contribution is -2.05. The van der Waals surface area contributed by atoms with Crippen LogP contribution in [-0.4, -0.2) is 11.1 Å². The minimum absolute atomic E-state index is 0.0331. The van der Waals surface area contributed by atoms with Crippen molar-refractivity contribution in [3.05, 3.63) is 51.7 Å². The lowest BCUT2D eigenvalue weighted by Gasteiger charge is -2.12. The number of nitrogens with two attached hydrogens (primary N) is 1. The molecule has 0 unspecified atom stereocenters. The van der Waals surface area contributed by atoms with Gasteiger partial charge in [-0.15, -0.1) is 0 Å². The third-order valence-corrected chi connectivity index (χ3v) is 3.48. The summed E-state index contributed by atoms with van der Waals surface area (Å²) in [5, 5.41) is 12.1. The van der Waals surface area contributed by atoms with Crippen molar-refractivity contribution in [2.75, 3.05) is 11.1 Å². The van der Waals surface area contributed by atoms with Crippen LogP contribution in [0.1, 0.15) is 15.9 Å². The molecule has 4 N–H and O–H groups in total. The predicted molar refractivity (Wildman–Crippen MR) is 79.9 cm³/mol. The van der Waals surface area contributed by atoms with Crippen molar-refractivity contribution in [3.8, 4) is 0 Å². The maximum atomic E-state index is 13.0. The van der Waals surface area contributed by atoms with Gasteiger partial charge in [-0.1, -0.05) is 0 Å². The fourth-order valence-electron chi connectivity index (χ4n) is 1.79. The molecule has 0 aromatic heterocycles. The van der Waals surface area contributed by atoms with Crippen LogP contribution in [0.4, 0.5) is 21.5 Å². The number of hydrogen-bond acceptors (Lipinski definition) is 3. The number of halogens is 2. The summed E-state index contributed by atoms with van der Waals surface area (Å²) in [5.41, 5.74) is 7.86. The average molecular weight is 339 g/mol. The molecule has 0 saturated carbocycles. The van der Waals surface area contributed by atoms with Gasteiger partial charge in [0, 0.05) is 15.8 Å². The highest BCUT2D eigenvalue weighted by molar-refractivity contribution is 9.10. The highest BCUT2D eigenvalue weighted by atomic mass is 79.9. The molecule has 2 rings (SSSR count). The summed E-state index contributed by atoms with van der Waals surface area (Å²) in [4.78, 5) is 11.1. The molecule has 0 aliphatic carbocycles. The molecule has 2 aromatic rings.